The molecular formula is C25H24ClNO6. The van der Waals surface area contributed by atoms with Crippen molar-refractivity contribution in [2.45, 2.75) is 38.1 Å². The standard InChI is InChI=1S/C25H24ClNO6/c1-15(22(29)30)12-25(27-21(28)19-5-6-20(33-19)23(31)32)13-24(14-25)9-7-16(8-10-24)17-3-2-4-18(26)11-17/h2-9,11,15H,10,12-14H2,1H3,(H,27,28)(H,29,30)(H,31,32)/t15-,24?,25?/m1/s1. The van der Waals surface area contributed by atoms with Crippen molar-refractivity contribution in [1.82, 2.24) is 5.32 Å². The Hall–Kier alpha value is -3.32. The molecule has 0 bridgehead atoms. The maximum absolute atomic E-state index is 12.8. The molecule has 0 radical (unpaired) electrons. The number of hydrogen-bond acceptors (Lipinski definition) is 4. The first-order valence-corrected chi connectivity index (χ1v) is 11.0. The van der Waals surface area contributed by atoms with Crippen molar-refractivity contribution < 1.29 is 29.0 Å². The Morgan fingerprint density at radius 1 is 1.15 bits per heavy atom. The van der Waals surface area contributed by atoms with Crippen molar-refractivity contribution in [2.24, 2.45) is 11.3 Å². The molecule has 1 saturated carbocycles. The minimum absolute atomic E-state index is 0.113. The van der Waals surface area contributed by atoms with Gasteiger partial charge in [-0.25, -0.2) is 4.79 Å². The minimum Gasteiger partial charge on any atom is -0.481 e. The van der Waals surface area contributed by atoms with E-state index < -0.39 is 29.3 Å². The highest BCUT2D eigenvalue weighted by Crippen LogP contribution is 2.56. The van der Waals surface area contributed by atoms with Crippen LogP contribution in [0.15, 0.2) is 59.0 Å². The molecule has 4 rings (SSSR count). The molecule has 1 atom stereocenters. The molecule has 0 saturated heterocycles. The molecule has 0 unspecified atom stereocenters. The van der Waals surface area contributed by atoms with Crippen molar-refractivity contribution in [3.05, 3.63) is 76.7 Å². The number of benzene rings is 1. The molecule has 1 fully saturated rings. The average Bonchev–Trinajstić information content (AvgIpc) is 3.24. The van der Waals surface area contributed by atoms with Crippen LogP contribution in [-0.2, 0) is 4.79 Å². The molecule has 33 heavy (non-hydrogen) atoms. The molecule has 172 valence electrons. The normalized spacial score (nSPS) is 24.6. The van der Waals surface area contributed by atoms with Crippen LogP contribution in [0.3, 0.4) is 0 Å². The van der Waals surface area contributed by atoms with Crippen LogP contribution < -0.4 is 5.32 Å². The third-order valence-electron chi connectivity index (χ3n) is 6.42. The molecule has 2 aromatic rings. The summed E-state index contributed by atoms with van der Waals surface area (Å²) in [6.45, 7) is 1.62. The van der Waals surface area contributed by atoms with Crippen LogP contribution in [0.5, 0.6) is 0 Å². The highest BCUT2D eigenvalue weighted by atomic mass is 35.5. The third-order valence-corrected chi connectivity index (χ3v) is 6.66. The zero-order valence-corrected chi connectivity index (χ0v) is 18.8. The second-order valence-electron chi connectivity index (χ2n) is 9.07. The lowest BCUT2D eigenvalue weighted by molar-refractivity contribution is -0.142. The Labute approximate surface area is 195 Å². The topological polar surface area (TPSA) is 117 Å². The number of aliphatic carboxylic acids is 1. The van der Waals surface area contributed by atoms with E-state index in [0.717, 1.165) is 17.6 Å². The summed E-state index contributed by atoms with van der Waals surface area (Å²) in [5, 5.41) is 22.1. The van der Waals surface area contributed by atoms with E-state index in [2.05, 4.69) is 17.5 Å². The van der Waals surface area contributed by atoms with Crippen LogP contribution in [0.25, 0.3) is 5.57 Å². The number of furan rings is 1. The molecule has 0 aliphatic heterocycles. The first-order chi connectivity index (χ1) is 15.6. The van der Waals surface area contributed by atoms with Crippen LogP contribution in [0.2, 0.25) is 5.02 Å². The van der Waals surface area contributed by atoms with E-state index in [1.807, 2.05) is 30.3 Å². The van der Waals surface area contributed by atoms with E-state index in [1.54, 1.807) is 6.92 Å². The monoisotopic (exact) mass is 469 g/mol. The lowest BCUT2D eigenvalue weighted by atomic mass is 9.52. The number of nitrogens with one attached hydrogen (secondary N) is 1. The summed E-state index contributed by atoms with van der Waals surface area (Å²) in [6.07, 6.45) is 8.50. The van der Waals surface area contributed by atoms with Gasteiger partial charge in [-0.3, -0.25) is 9.59 Å². The molecular weight excluding hydrogens is 446 g/mol. The van der Waals surface area contributed by atoms with E-state index >= 15 is 0 Å². The number of carboxylic acids is 2. The van der Waals surface area contributed by atoms with Gasteiger partial charge in [-0.2, -0.15) is 0 Å². The average molecular weight is 470 g/mol. The van der Waals surface area contributed by atoms with Gasteiger partial charge in [0, 0.05) is 10.6 Å². The summed E-state index contributed by atoms with van der Waals surface area (Å²) >= 11 is 6.11. The summed E-state index contributed by atoms with van der Waals surface area (Å²) < 4.78 is 5.12. The third kappa shape index (κ3) is 4.73. The van der Waals surface area contributed by atoms with Gasteiger partial charge < -0.3 is 19.9 Å². The lowest BCUT2D eigenvalue weighted by Gasteiger charge is -2.56. The van der Waals surface area contributed by atoms with Gasteiger partial charge in [0.15, 0.2) is 5.76 Å². The highest BCUT2D eigenvalue weighted by Gasteiger charge is 2.55. The smallest absolute Gasteiger partial charge is 0.371 e. The van der Waals surface area contributed by atoms with Crippen LogP contribution in [0.1, 0.15) is 59.3 Å². The lowest BCUT2D eigenvalue weighted by Crippen LogP contribution is -2.62. The van der Waals surface area contributed by atoms with Gasteiger partial charge in [0.25, 0.3) is 5.91 Å². The number of halogens is 1. The van der Waals surface area contributed by atoms with Crippen molar-refractivity contribution in [3.8, 4) is 0 Å². The quantitative estimate of drug-likeness (QED) is 0.523. The highest BCUT2D eigenvalue weighted by molar-refractivity contribution is 6.30. The first-order valence-electron chi connectivity index (χ1n) is 10.6. The Morgan fingerprint density at radius 3 is 2.45 bits per heavy atom. The minimum atomic E-state index is -1.26. The summed E-state index contributed by atoms with van der Waals surface area (Å²) in [6, 6.07) is 10.2. The van der Waals surface area contributed by atoms with Gasteiger partial charge in [-0.05, 0) is 66.5 Å². The van der Waals surface area contributed by atoms with Gasteiger partial charge in [0.2, 0.25) is 5.76 Å². The molecule has 1 spiro atoms. The summed E-state index contributed by atoms with van der Waals surface area (Å²) in [5.41, 5.74) is 1.19. The van der Waals surface area contributed by atoms with Gasteiger partial charge in [-0.15, -0.1) is 0 Å². The van der Waals surface area contributed by atoms with Crippen LogP contribution >= 0.6 is 11.6 Å². The maximum atomic E-state index is 12.8. The van der Waals surface area contributed by atoms with Gasteiger partial charge in [-0.1, -0.05) is 48.9 Å². The van der Waals surface area contributed by atoms with Crippen molar-refractivity contribution in [1.29, 1.82) is 0 Å². The summed E-state index contributed by atoms with van der Waals surface area (Å²) in [7, 11) is 0. The molecule has 3 N–H and O–H groups in total. The molecule has 2 aliphatic rings. The molecule has 1 heterocycles. The predicted octanol–water partition coefficient (Wildman–Crippen LogP) is 5.03. The molecule has 7 nitrogen and oxygen atoms in total. The van der Waals surface area contributed by atoms with Crippen molar-refractivity contribution in [3.63, 3.8) is 0 Å². The maximum Gasteiger partial charge on any atom is 0.371 e. The predicted molar refractivity (Wildman–Crippen MR) is 122 cm³/mol. The number of carboxylic acid groups (broad SMARTS) is 2. The molecule has 1 aromatic carbocycles. The fourth-order valence-corrected chi connectivity index (χ4v) is 5.18. The molecule has 1 amide bonds. The van der Waals surface area contributed by atoms with Gasteiger partial charge in [0.1, 0.15) is 0 Å². The van der Waals surface area contributed by atoms with Gasteiger partial charge >= 0.3 is 11.9 Å². The fraction of sp³-hybridized carbons (Fsp3) is 0.320. The summed E-state index contributed by atoms with van der Waals surface area (Å²) in [4.78, 5) is 35.4. The fourth-order valence-electron chi connectivity index (χ4n) is 4.99. The van der Waals surface area contributed by atoms with Crippen LogP contribution in [-0.4, -0.2) is 33.6 Å². The van der Waals surface area contributed by atoms with E-state index in [4.69, 9.17) is 21.1 Å². The van der Waals surface area contributed by atoms with E-state index in [-0.39, 0.29) is 23.4 Å². The number of aromatic carboxylic acids is 1. The number of carbonyl (C=O) groups is 3. The Balaban J connectivity index is 1.50. The second kappa shape index (κ2) is 8.56. The molecule has 1 aromatic heterocycles. The summed E-state index contributed by atoms with van der Waals surface area (Å²) in [5.74, 6) is -3.84. The zero-order valence-electron chi connectivity index (χ0n) is 18.0. The van der Waals surface area contributed by atoms with Crippen molar-refractivity contribution in [2.75, 3.05) is 0 Å². The molecule has 8 heteroatoms. The van der Waals surface area contributed by atoms with Crippen LogP contribution in [0.4, 0.5) is 0 Å². The zero-order chi connectivity index (χ0) is 23.8. The van der Waals surface area contributed by atoms with E-state index in [1.165, 1.54) is 12.1 Å². The number of rotatable bonds is 7. The van der Waals surface area contributed by atoms with E-state index in [9.17, 15) is 19.5 Å². The van der Waals surface area contributed by atoms with E-state index in [0.29, 0.717) is 17.9 Å². The first kappa shape index (κ1) is 22.9. The second-order valence-corrected chi connectivity index (χ2v) is 9.51. The SMILES string of the molecule is C[C@H](CC1(NC(=O)c2ccc(C(=O)O)o2)CC2(C=CC(c3cccc(Cl)c3)=CC2)C1)C(=O)O. The Bertz CT molecular complexity index is 1170. The van der Waals surface area contributed by atoms with Crippen LogP contribution in [0, 0.1) is 11.3 Å². The number of hydrogen-bond donors (Lipinski definition) is 3. The largest absolute Gasteiger partial charge is 0.481 e. The van der Waals surface area contributed by atoms with Crippen molar-refractivity contribution >= 4 is 35.0 Å². The molecule has 2 aliphatic carbocycles. The Kier molecular flexibility index (Phi) is 5.93. The van der Waals surface area contributed by atoms with Gasteiger partial charge in [0.05, 0.1) is 5.92 Å². The number of allylic oxidation sites excluding steroid dienone is 4. The Morgan fingerprint density at radius 2 is 1.88 bits per heavy atom. The number of carbonyl (C=O) groups excluding carboxylic acids is 1. The number of amides is 1.